The topological polar surface area (TPSA) is 38.0 Å². The van der Waals surface area contributed by atoms with Crippen LogP contribution in [0.3, 0.4) is 0 Å². The molecule has 2 nitrogen and oxygen atoms in total. The average Bonchev–Trinajstić information content (AvgIpc) is 2.31. The summed E-state index contributed by atoms with van der Waals surface area (Å²) in [4.78, 5) is 0. The number of nitrogens with two attached hydrogens (primary N) is 1. The van der Waals surface area contributed by atoms with Gasteiger partial charge in [-0.2, -0.15) is 0 Å². The lowest BCUT2D eigenvalue weighted by Gasteiger charge is -2.37. The van der Waals surface area contributed by atoms with Crippen LogP contribution in [0.25, 0.3) is 0 Å². The molecule has 2 atom stereocenters. The average molecular weight is 268 g/mol. The summed E-state index contributed by atoms with van der Waals surface area (Å²) in [5.41, 5.74) is 6.56. The van der Waals surface area contributed by atoms with Crippen LogP contribution in [0.4, 0.5) is 0 Å². The molecular weight excluding hydrogens is 232 g/mol. The van der Waals surface area contributed by atoms with Crippen LogP contribution in [0.1, 0.15) is 78.6 Å². The quantitative estimate of drug-likeness (QED) is 0.618. The van der Waals surface area contributed by atoms with Crippen molar-refractivity contribution in [1.29, 1.82) is 0 Å². The Morgan fingerprint density at radius 1 is 1.21 bits per heavy atom. The van der Waals surface area contributed by atoms with Crippen molar-refractivity contribution in [3.8, 4) is 0 Å². The molecule has 1 fully saturated rings. The highest BCUT2D eigenvalue weighted by molar-refractivity contribution is 4.91. The molecule has 1 aliphatic rings. The van der Waals surface area contributed by atoms with Gasteiger partial charge in [-0.05, 0) is 37.6 Å². The molecule has 19 heavy (non-hydrogen) atoms. The predicted molar refractivity (Wildman–Crippen MR) is 85.3 cm³/mol. The molecule has 0 heterocycles. The normalized spacial score (nSPS) is 27.9. The van der Waals surface area contributed by atoms with Crippen LogP contribution >= 0.6 is 0 Å². The summed E-state index contributed by atoms with van der Waals surface area (Å²) >= 11 is 0. The molecule has 0 aromatic heterocycles. The largest absolute Gasteiger partial charge is 0.324 e. The molecule has 1 aliphatic carbocycles. The van der Waals surface area contributed by atoms with Crippen molar-refractivity contribution in [2.45, 2.75) is 84.1 Å². The van der Waals surface area contributed by atoms with Gasteiger partial charge in [0, 0.05) is 12.1 Å². The highest BCUT2D eigenvalue weighted by Crippen LogP contribution is 2.29. The second kappa shape index (κ2) is 8.97. The smallest absolute Gasteiger partial charge is 0.0283 e. The van der Waals surface area contributed by atoms with Crippen LogP contribution in [0, 0.1) is 11.8 Å². The van der Waals surface area contributed by atoms with Crippen molar-refractivity contribution in [2.24, 2.45) is 17.6 Å². The standard InChI is InChI=1S/C17H36N2/c1-15(2)9-6-4-5-7-12-19-14-17(18)11-8-10-16(3)13-17/h15-16,19H,4-14,18H2,1-3H3. The first kappa shape index (κ1) is 17.0. The van der Waals surface area contributed by atoms with Gasteiger partial charge in [-0.25, -0.2) is 0 Å². The van der Waals surface area contributed by atoms with Gasteiger partial charge in [0.1, 0.15) is 0 Å². The van der Waals surface area contributed by atoms with E-state index in [-0.39, 0.29) is 5.54 Å². The third-order valence-corrected chi connectivity index (χ3v) is 4.49. The van der Waals surface area contributed by atoms with Gasteiger partial charge in [0.05, 0.1) is 0 Å². The van der Waals surface area contributed by atoms with E-state index in [1.54, 1.807) is 0 Å². The van der Waals surface area contributed by atoms with E-state index >= 15 is 0 Å². The Labute approximate surface area is 120 Å². The third-order valence-electron chi connectivity index (χ3n) is 4.49. The summed E-state index contributed by atoms with van der Waals surface area (Å²) in [5, 5.41) is 3.59. The molecule has 114 valence electrons. The summed E-state index contributed by atoms with van der Waals surface area (Å²) in [5.74, 6) is 1.68. The van der Waals surface area contributed by atoms with Crippen molar-refractivity contribution < 1.29 is 0 Å². The molecule has 3 N–H and O–H groups in total. The zero-order valence-electron chi connectivity index (χ0n) is 13.5. The molecule has 0 aromatic rings. The maximum absolute atomic E-state index is 6.48. The minimum Gasteiger partial charge on any atom is -0.324 e. The lowest BCUT2D eigenvalue weighted by atomic mass is 9.77. The van der Waals surface area contributed by atoms with Crippen molar-refractivity contribution in [2.75, 3.05) is 13.1 Å². The monoisotopic (exact) mass is 268 g/mol. The second-order valence-corrected chi connectivity index (χ2v) is 7.34. The highest BCUT2D eigenvalue weighted by Gasteiger charge is 2.30. The van der Waals surface area contributed by atoms with Gasteiger partial charge < -0.3 is 11.1 Å². The molecule has 0 amide bonds. The number of unbranched alkanes of at least 4 members (excludes halogenated alkanes) is 3. The molecule has 0 aliphatic heterocycles. The number of rotatable bonds is 9. The lowest BCUT2D eigenvalue weighted by Crippen LogP contribution is -2.51. The van der Waals surface area contributed by atoms with Crippen molar-refractivity contribution >= 4 is 0 Å². The van der Waals surface area contributed by atoms with Gasteiger partial charge in [-0.15, -0.1) is 0 Å². The maximum atomic E-state index is 6.48. The van der Waals surface area contributed by atoms with E-state index in [1.807, 2.05) is 0 Å². The predicted octanol–water partition coefficient (Wildman–Crippen LogP) is 4.09. The maximum Gasteiger partial charge on any atom is 0.0283 e. The van der Waals surface area contributed by atoms with E-state index in [4.69, 9.17) is 5.73 Å². The number of hydrogen-bond acceptors (Lipinski definition) is 2. The highest BCUT2D eigenvalue weighted by atomic mass is 14.9. The number of hydrogen-bond donors (Lipinski definition) is 2. The molecule has 0 saturated heterocycles. The minimum absolute atomic E-state index is 0.0787. The fraction of sp³-hybridized carbons (Fsp3) is 1.00. The van der Waals surface area contributed by atoms with Crippen LogP contribution in [-0.2, 0) is 0 Å². The van der Waals surface area contributed by atoms with E-state index < -0.39 is 0 Å². The van der Waals surface area contributed by atoms with Gasteiger partial charge in [0.15, 0.2) is 0 Å². The molecule has 0 bridgehead atoms. The van der Waals surface area contributed by atoms with Gasteiger partial charge in [-0.3, -0.25) is 0 Å². The molecule has 1 rings (SSSR count). The Hall–Kier alpha value is -0.0800. The third kappa shape index (κ3) is 7.94. The zero-order chi connectivity index (χ0) is 14.1. The molecule has 0 spiro atoms. The second-order valence-electron chi connectivity index (χ2n) is 7.34. The fourth-order valence-electron chi connectivity index (χ4n) is 3.35. The summed E-state index contributed by atoms with van der Waals surface area (Å²) in [6.07, 6.45) is 12.0. The Morgan fingerprint density at radius 2 is 1.95 bits per heavy atom. The van der Waals surface area contributed by atoms with E-state index in [0.29, 0.717) is 0 Å². The number of nitrogens with one attached hydrogen (secondary N) is 1. The molecular formula is C17H36N2. The van der Waals surface area contributed by atoms with Crippen molar-refractivity contribution in [3.63, 3.8) is 0 Å². The SMILES string of the molecule is CC(C)CCCCCCNCC1(N)CCCC(C)C1. The Morgan fingerprint density at radius 3 is 2.63 bits per heavy atom. The van der Waals surface area contributed by atoms with Crippen molar-refractivity contribution in [3.05, 3.63) is 0 Å². The Balaban J connectivity index is 1.95. The molecule has 2 unspecified atom stereocenters. The fourth-order valence-corrected chi connectivity index (χ4v) is 3.35. The van der Waals surface area contributed by atoms with Gasteiger partial charge in [0.2, 0.25) is 0 Å². The van der Waals surface area contributed by atoms with Crippen LogP contribution in [0.15, 0.2) is 0 Å². The van der Waals surface area contributed by atoms with Crippen LogP contribution in [0.2, 0.25) is 0 Å². The molecule has 1 saturated carbocycles. The first-order chi connectivity index (χ1) is 9.02. The van der Waals surface area contributed by atoms with E-state index in [2.05, 4.69) is 26.1 Å². The summed E-state index contributed by atoms with van der Waals surface area (Å²) in [7, 11) is 0. The van der Waals surface area contributed by atoms with Crippen molar-refractivity contribution in [1.82, 2.24) is 5.32 Å². The van der Waals surface area contributed by atoms with Crippen LogP contribution in [-0.4, -0.2) is 18.6 Å². The first-order valence-electron chi connectivity index (χ1n) is 8.51. The van der Waals surface area contributed by atoms with Gasteiger partial charge in [0.25, 0.3) is 0 Å². The zero-order valence-corrected chi connectivity index (χ0v) is 13.5. The first-order valence-corrected chi connectivity index (χ1v) is 8.51. The van der Waals surface area contributed by atoms with E-state index in [1.165, 1.54) is 57.8 Å². The molecule has 2 heteroatoms. The molecule has 0 radical (unpaired) electrons. The van der Waals surface area contributed by atoms with Crippen LogP contribution < -0.4 is 11.1 Å². The Kier molecular flexibility index (Phi) is 8.01. The van der Waals surface area contributed by atoms with Gasteiger partial charge in [-0.1, -0.05) is 59.3 Å². The lowest BCUT2D eigenvalue weighted by molar-refractivity contribution is 0.229. The van der Waals surface area contributed by atoms with E-state index in [9.17, 15) is 0 Å². The summed E-state index contributed by atoms with van der Waals surface area (Å²) < 4.78 is 0. The summed E-state index contributed by atoms with van der Waals surface area (Å²) in [6, 6.07) is 0. The Bertz CT molecular complexity index is 227. The van der Waals surface area contributed by atoms with Gasteiger partial charge >= 0.3 is 0 Å². The molecule has 0 aromatic carbocycles. The van der Waals surface area contributed by atoms with Crippen LogP contribution in [0.5, 0.6) is 0 Å². The summed E-state index contributed by atoms with van der Waals surface area (Å²) in [6.45, 7) is 9.13. The minimum atomic E-state index is 0.0787. The van der Waals surface area contributed by atoms with E-state index in [0.717, 1.165) is 24.9 Å².